The van der Waals surface area contributed by atoms with E-state index >= 15 is 0 Å². The van der Waals surface area contributed by atoms with Crippen LogP contribution in [-0.2, 0) is 11.2 Å². The van der Waals surface area contributed by atoms with Crippen molar-refractivity contribution in [1.29, 1.82) is 0 Å². The molecule has 0 saturated carbocycles. The highest BCUT2D eigenvalue weighted by molar-refractivity contribution is 7.09. The Labute approximate surface area is 177 Å². The van der Waals surface area contributed by atoms with Crippen LogP contribution in [0.5, 0.6) is 11.5 Å². The molecule has 0 spiro atoms. The smallest absolute Gasteiger partial charge is 0.195 e. The Morgan fingerprint density at radius 3 is 2.86 bits per heavy atom. The summed E-state index contributed by atoms with van der Waals surface area (Å²) < 4.78 is 17.1. The van der Waals surface area contributed by atoms with Crippen LogP contribution in [0.15, 0.2) is 40.7 Å². The zero-order chi connectivity index (χ0) is 20.3. The molecule has 1 aromatic heterocycles. The molecule has 6 nitrogen and oxygen atoms in total. The number of thiophene rings is 1. The molecule has 0 saturated heterocycles. The Morgan fingerprint density at radius 1 is 1.21 bits per heavy atom. The van der Waals surface area contributed by atoms with E-state index in [-0.39, 0.29) is 6.10 Å². The molecule has 3 rings (SSSR count). The van der Waals surface area contributed by atoms with Crippen molar-refractivity contribution in [2.75, 3.05) is 38.2 Å². The van der Waals surface area contributed by atoms with E-state index in [1.807, 2.05) is 32.0 Å². The van der Waals surface area contributed by atoms with Gasteiger partial charge in [0.25, 0.3) is 0 Å². The second-order valence-electron chi connectivity index (χ2n) is 7.10. The van der Waals surface area contributed by atoms with E-state index in [2.05, 4.69) is 28.1 Å². The number of rotatable bonds is 9. The minimum Gasteiger partial charge on any atom is -0.490 e. The van der Waals surface area contributed by atoms with Crippen LogP contribution in [0.1, 0.15) is 31.6 Å². The van der Waals surface area contributed by atoms with E-state index in [0.717, 1.165) is 49.0 Å². The van der Waals surface area contributed by atoms with Gasteiger partial charge in [-0.25, -0.2) is 0 Å². The lowest BCUT2D eigenvalue weighted by molar-refractivity contribution is 0.0783. The van der Waals surface area contributed by atoms with Gasteiger partial charge < -0.3 is 24.8 Å². The molecule has 1 aliphatic rings. The van der Waals surface area contributed by atoms with Crippen LogP contribution in [-0.4, -0.2) is 45.0 Å². The molecule has 0 atom stereocenters. The summed E-state index contributed by atoms with van der Waals surface area (Å²) in [5.41, 5.74) is 0.926. The molecular formula is C22H31N3O3S. The lowest BCUT2D eigenvalue weighted by Gasteiger charge is -2.14. The quantitative estimate of drug-likeness (QED) is 0.361. The number of nitrogens with zero attached hydrogens (tertiary/aromatic N) is 1. The minimum absolute atomic E-state index is 0.252. The first-order valence-electron chi connectivity index (χ1n) is 10.3. The summed E-state index contributed by atoms with van der Waals surface area (Å²) in [4.78, 5) is 6.07. The van der Waals surface area contributed by atoms with Gasteiger partial charge in [0, 0.05) is 42.7 Å². The largest absolute Gasteiger partial charge is 0.490 e. The van der Waals surface area contributed by atoms with Gasteiger partial charge in [0.1, 0.15) is 0 Å². The molecular weight excluding hydrogens is 386 g/mol. The fourth-order valence-corrected chi connectivity index (χ4v) is 3.56. The lowest BCUT2D eigenvalue weighted by atomic mass is 10.2. The van der Waals surface area contributed by atoms with Gasteiger partial charge in [0.15, 0.2) is 17.5 Å². The molecule has 0 fully saturated rings. The number of benzene rings is 1. The second-order valence-corrected chi connectivity index (χ2v) is 8.13. The van der Waals surface area contributed by atoms with Crippen LogP contribution in [0.3, 0.4) is 0 Å². The third-order valence-corrected chi connectivity index (χ3v) is 5.21. The van der Waals surface area contributed by atoms with E-state index in [9.17, 15) is 0 Å². The highest BCUT2D eigenvalue weighted by atomic mass is 32.1. The Kier molecular flexibility index (Phi) is 8.64. The molecule has 1 aromatic carbocycles. The zero-order valence-electron chi connectivity index (χ0n) is 17.3. The van der Waals surface area contributed by atoms with Crippen LogP contribution in [0, 0.1) is 0 Å². The molecule has 0 aliphatic carbocycles. The van der Waals surface area contributed by atoms with Crippen molar-refractivity contribution in [1.82, 2.24) is 5.32 Å². The highest BCUT2D eigenvalue weighted by Crippen LogP contribution is 2.32. The summed E-state index contributed by atoms with van der Waals surface area (Å²) in [7, 11) is 0. The maximum Gasteiger partial charge on any atom is 0.195 e. The number of anilines is 1. The van der Waals surface area contributed by atoms with Gasteiger partial charge in [0.2, 0.25) is 0 Å². The average molecular weight is 418 g/mol. The zero-order valence-corrected chi connectivity index (χ0v) is 18.1. The van der Waals surface area contributed by atoms with Gasteiger partial charge in [0.05, 0.1) is 19.3 Å². The average Bonchev–Trinajstić information content (AvgIpc) is 3.11. The third kappa shape index (κ3) is 7.59. The maximum atomic E-state index is 5.80. The molecule has 2 aromatic rings. The lowest BCUT2D eigenvalue weighted by Crippen LogP contribution is -2.32. The Bertz CT molecular complexity index is 763. The molecule has 0 amide bonds. The summed E-state index contributed by atoms with van der Waals surface area (Å²) in [6.45, 7) is 7.69. The molecule has 0 unspecified atom stereocenters. The number of hydrogen-bond acceptors (Lipinski definition) is 5. The molecule has 1 aliphatic heterocycles. The van der Waals surface area contributed by atoms with Gasteiger partial charge in [-0.15, -0.1) is 11.3 Å². The number of guanidine groups is 1. The van der Waals surface area contributed by atoms with Crippen LogP contribution in [0.4, 0.5) is 5.69 Å². The first-order chi connectivity index (χ1) is 14.2. The van der Waals surface area contributed by atoms with Gasteiger partial charge in [-0.1, -0.05) is 6.07 Å². The Hall–Kier alpha value is -2.25. The van der Waals surface area contributed by atoms with Crippen molar-refractivity contribution in [2.24, 2.45) is 4.99 Å². The Morgan fingerprint density at radius 2 is 2.07 bits per heavy atom. The van der Waals surface area contributed by atoms with Crippen LogP contribution in [0.25, 0.3) is 0 Å². The number of ether oxygens (including phenoxy) is 3. The molecule has 0 bridgehead atoms. The maximum absolute atomic E-state index is 5.80. The van der Waals surface area contributed by atoms with Crippen molar-refractivity contribution in [3.8, 4) is 11.5 Å². The molecule has 0 radical (unpaired) electrons. The van der Waals surface area contributed by atoms with Gasteiger partial charge in [-0.2, -0.15) is 0 Å². The molecule has 7 heteroatoms. The molecule has 2 N–H and O–H groups in total. The highest BCUT2D eigenvalue weighted by Gasteiger charge is 2.11. The normalized spacial score (nSPS) is 14.0. The number of hydrogen-bond donors (Lipinski definition) is 2. The van der Waals surface area contributed by atoms with Crippen molar-refractivity contribution in [2.45, 2.75) is 39.2 Å². The van der Waals surface area contributed by atoms with Crippen LogP contribution in [0.2, 0.25) is 0 Å². The van der Waals surface area contributed by atoms with E-state index in [1.165, 1.54) is 4.88 Å². The standard InChI is InChI=1S/C22H31N3O3S/c1-17(2)26-12-4-10-23-22(24-11-9-19-6-3-15-29-19)25-18-7-8-20-21(16-18)28-14-5-13-27-20/h3,6-8,15-17H,4-5,9-14H2,1-2H3,(H2,23,24,25). The summed E-state index contributed by atoms with van der Waals surface area (Å²) in [6, 6.07) is 10.1. The fraction of sp³-hybridized carbons (Fsp3) is 0.500. The molecule has 2 heterocycles. The topological polar surface area (TPSA) is 64.1 Å². The SMILES string of the molecule is CC(C)OCCCN=C(NCCc1cccs1)Nc1ccc2c(c1)OCCCO2. The predicted molar refractivity (Wildman–Crippen MR) is 120 cm³/mol. The van der Waals surface area contributed by atoms with Crippen LogP contribution < -0.4 is 20.1 Å². The van der Waals surface area contributed by atoms with Crippen molar-refractivity contribution < 1.29 is 14.2 Å². The number of fused-ring (bicyclic) bond motifs is 1. The molecule has 158 valence electrons. The summed E-state index contributed by atoms with van der Waals surface area (Å²) in [5.74, 6) is 2.33. The van der Waals surface area contributed by atoms with Gasteiger partial charge in [-0.3, -0.25) is 4.99 Å². The van der Waals surface area contributed by atoms with E-state index in [0.29, 0.717) is 26.4 Å². The third-order valence-electron chi connectivity index (χ3n) is 4.28. The van der Waals surface area contributed by atoms with E-state index in [1.54, 1.807) is 11.3 Å². The summed E-state index contributed by atoms with van der Waals surface area (Å²) in [6.07, 6.45) is 3.00. The van der Waals surface area contributed by atoms with Crippen molar-refractivity contribution >= 4 is 23.0 Å². The molecule has 29 heavy (non-hydrogen) atoms. The Balaban J connectivity index is 1.59. The fourth-order valence-electron chi connectivity index (χ4n) is 2.85. The monoisotopic (exact) mass is 417 g/mol. The summed E-state index contributed by atoms with van der Waals surface area (Å²) in [5, 5.41) is 8.93. The van der Waals surface area contributed by atoms with E-state index in [4.69, 9.17) is 19.2 Å². The number of aliphatic imine (C=N–C) groups is 1. The predicted octanol–water partition coefficient (Wildman–Crippen LogP) is 4.32. The van der Waals surface area contributed by atoms with E-state index < -0.39 is 0 Å². The number of nitrogens with one attached hydrogen (secondary N) is 2. The first-order valence-corrected chi connectivity index (χ1v) is 11.2. The van der Waals surface area contributed by atoms with Gasteiger partial charge in [-0.05, 0) is 50.3 Å². The van der Waals surface area contributed by atoms with Crippen molar-refractivity contribution in [3.05, 3.63) is 40.6 Å². The van der Waals surface area contributed by atoms with Gasteiger partial charge >= 0.3 is 0 Å². The second kappa shape index (κ2) is 11.7. The summed E-state index contributed by atoms with van der Waals surface area (Å²) >= 11 is 1.78. The first kappa shape index (κ1) is 21.5. The minimum atomic E-state index is 0.252. The van der Waals surface area contributed by atoms with Crippen LogP contribution >= 0.6 is 11.3 Å². The van der Waals surface area contributed by atoms with Crippen molar-refractivity contribution in [3.63, 3.8) is 0 Å².